The minimum Gasteiger partial charge on any atom is -0.492 e. The van der Waals surface area contributed by atoms with Crippen LogP contribution in [-0.4, -0.2) is 49.1 Å². The molecule has 1 aliphatic rings. The van der Waals surface area contributed by atoms with Crippen LogP contribution in [0.1, 0.15) is 20.8 Å². The van der Waals surface area contributed by atoms with Crippen molar-refractivity contribution in [1.82, 2.24) is 4.90 Å². The second kappa shape index (κ2) is 9.21. The Morgan fingerprint density at radius 2 is 1.74 bits per heavy atom. The smallest absolute Gasteiger partial charge is 0.242 e. The molecule has 0 aliphatic carbocycles. The van der Waals surface area contributed by atoms with Gasteiger partial charge in [0.25, 0.3) is 0 Å². The second-order valence-electron chi connectivity index (χ2n) is 5.90. The molecule has 0 saturated carbocycles. The van der Waals surface area contributed by atoms with Gasteiger partial charge in [-0.15, -0.1) is 24.8 Å². The van der Waals surface area contributed by atoms with Gasteiger partial charge in [-0.3, -0.25) is 4.79 Å². The van der Waals surface area contributed by atoms with Crippen LogP contribution in [0.3, 0.4) is 0 Å². The Bertz CT molecular complexity index is 498. The molecular weight excluding hydrogens is 337 g/mol. The number of rotatable bonds is 4. The van der Waals surface area contributed by atoms with E-state index in [1.54, 1.807) is 13.8 Å². The number of ether oxygens (including phenoxy) is 1. The van der Waals surface area contributed by atoms with Gasteiger partial charge in [0.1, 0.15) is 5.75 Å². The van der Waals surface area contributed by atoms with Crippen molar-refractivity contribution in [2.75, 3.05) is 37.7 Å². The van der Waals surface area contributed by atoms with Crippen LogP contribution in [0.5, 0.6) is 5.75 Å². The molecule has 1 amide bonds. The van der Waals surface area contributed by atoms with Crippen LogP contribution in [0.25, 0.3) is 0 Å². The molecule has 1 aliphatic heterocycles. The summed E-state index contributed by atoms with van der Waals surface area (Å²) in [6, 6.07) is 8.04. The number of amides is 1. The summed E-state index contributed by atoms with van der Waals surface area (Å²) in [5, 5.41) is 0. The van der Waals surface area contributed by atoms with Crippen LogP contribution in [0.2, 0.25) is 0 Å². The third-order valence-corrected chi connectivity index (χ3v) is 3.62. The van der Waals surface area contributed by atoms with E-state index in [1.807, 2.05) is 30.0 Å². The van der Waals surface area contributed by atoms with E-state index in [1.165, 1.54) is 0 Å². The summed E-state index contributed by atoms with van der Waals surface area (Å²) in [5.41, 5.74) is 6.19. The van der Waals surface area contributed by atoms with Gasteiger partial charge in [0.05, 0.1) is 17.8 Å². The molecular formula is C16H27Cl2N3O2. The molecule has 0 unspecified atom stereocenters. The summed E-state index contributed by atoms with van der Waals surface area (Å²) in [6.07, 6.45) is 0. The van der Waals surface area contributed by atoms with Crippen LogP contribution < -0.4 is 15.4 Å². The normalized spacial score (nSPS) is 14.6. The predicted octanol–water partition coefficient (Wildman–Crippen LogP) is 2.31. The number of piperazine rings is 1. The molecule has 132 valence electrons. The predicted molar refractivity (Wildman–Crippen MR) is 99.2 cm³/mol. The molecule has 0 radical (unpaired) electrons. The number of para-hydroxylation sites is 2. The van der Waals surface area contributed by atoms with E-state index >= 15 is 0 Å². The van der Waals surface area contributed by atoms with Gasteiger partial charge < -0.3 is 20.3 Å². The van der Waals surface area contributed by atoms with Gasteiger partial charge in [0.15, 0.2) is 0 Å². The van der Waals surface area contributed by atoms with Gasteiger partial charge >= 0.3 is 0 Å². The maximum atomic E-state index is 12.2. The van der Waals surface area contributed by atoms with E-state index in [4.69, 9.17) is 10.5 Å². The highest BCUT2D eigenvalue weighted by Crippen LogP contribution is 2.28. The molecule has 1 aromatic carbocycles. The lowest BCUT2D eigenvalue weighted by Gasteiger charge is -2.39. The second-order valence-corrected chi connectivity index (χ2v) is 5.90. The Kier molecular flexibility index (Phi) is 8.74. The first-order valence-electron chi connectivity index (χ1n) is 7.48. The van der Waals surface area contributed by atoms with Crippen LogP contribution >= 0.6 is 24.8 Å². The lowest BCUT2D eigenvalue weighted by Crippen LogP contribution is -2.57. The SMILES string of the molecule is CCOc1ccccc1N1CCN(C(=O)C(C)(C)N)CC1.Cl.Cl. The number of benzene rings is 1. The molecule has 5 nitrogen and oxygen atoms in total. The van der Waals surface area contributed by atoms with Crippen molar-refractivity contribution in [2.45, 2.75) is 26.3 Å². The van der Waals surface area contributed by atoms with Crippen molar-refractivity contribution >= 4 is 36.4 Å². The first-order chi connectivity index (χ1) is 9.93. The molecule has 1 heterocycles. The van der Waals surface area contributed by atoms with E-state index in [0.29, 0.717) is 19.7 Å². The Morgan fingerprint density at radius 1 is 1.17 bits per heavy atom. The highest BCUT2D eigenvalue weighted by atomic mass is 35.5. The Labute approximate surface area is 151 Å². The molecule has 1 aromatic rings. The standard InChI is InChI=1S/C16H25N3O2.2ClH/c1-4-21-14-8-6-5-7-13(14)18-9-11-19(12-10-18)15(20)16(2,3)17;;/h5-8H,4,9-12,17H2,1-3H3;2*1H. The topological polar surface area (TPSA) is 58.8 Å². The van der Waals surface area contributed by atoms with Crippen molar-refractivity contribution in [1.29, 1.82) is 0 Å². The zero-order valence-electron chi connectivity index (χ0n) is 13.9. The van der Waals surface area contributed by atoms with Gasteiger partial charge in [-0.05, 0) is 32.9 Å². The number of hydrogen-bond acceptors (Lipinski definition) is 4. The van der Waals surface area contributed by atoms with Crippen molar-refractivity contribution < 1.29 is 9.53 Å². The first kappa shape index (κ1) is 21.8. The average molecular weight is 364 g/mol. The first-order valence-corrected chi connectivity index (χ1v) is 7.48. The largest absolute Gasteiger partial charge is 0.492 e. The minimum atomic E-state index is -0.800. The summed E-state index contributed by atoms with van der Waals surface area (Å²) >= 11 is 0. The molecule has 0 atom stereocenters. The van der Waals surface area contributed by atoms with E-state index in [2.05, 4.69) is 11.0 Å². The number of halogens is 2. The molecule has 2 rings (SSSR count). The van der Waals surface area contributed by atoms with Crippen LogP contribution in [0.15, 0.2) is 24.3 Å². The average Bonchev–Trinajstić information content (AvgIpc) is 2.47. The fourth-order valence-corrected chi connectivity index (χ4v) is 2.55. The molecule has 0 bridgehead atoms. The van der Waals surface area contributed by atoms with E-state index in [-0.39, 0.29) is 30.7 Å². The number of anilines is 1. The number of hydrogen-bond donors (Lipinski definition) is 1. The van der Waals surface area contributed by atoms with Crippen molar-refractivity contribution in [3.05, 3.63) is 24.3 Å². The fraction of sp³-hybridized carbons (Fsp3) is 0.562. The lowest BCUT2D eigenvalue weighted by molar-refractivity contribution is -0.136. The van der Waals surface area contributed by atoms with Gasteiger partial charge in [0, 0.05) is 26.2 Å². The molecule has 23 heavy (non-hydrogen) atoms. The van der Waals surface area contributed by atoms with Gasteiger partial charge in [-0.2, -0.15) is 0 Å². The van der Waals surface area contributed by atoms with Crippen LogP contribution in [-0.2, 0) is 4.79 Å². The molecule has 1 saturated heterocycles. The van der Waals surface area contributed by atoms with E-state index in [9.17, 15) is 4.79 Å². The Balaban J connectivity index is 0.00000242. The number of carbonyl (C=O) groups excluding carboxylic acids is 1. The molecule has 0 spiro atoms. The van der Waals surface area contributed by atoms with E-state index < -0.39 is 5.54 Å². The van der Waals surface area contributed by atoms with Gasteiger partial charge in [-0.1, -0.05) is 12.1 Å². The van der Waals surface area contributed by atoms with Crippen molar-refractivity contribution in [3.63, 3.8) is 0 Å². The van der Waals surface area contributed by atoms with Crippen LogP contribution in [0, 0.1) is 0 Å². The van der Waals surface area contributed by atoms with Gasteiger partial charge in [-0.25, -0.2) is 0 Å². The van der Waals surface area contributed by atoms with Gasteiger partial charge in [0.2, 0.25) is 5.91 Å². The monoisotopic (exact) mass is 363 g/mol. The third kappa shape index (κ3) is 5.44. The Hall–Kier alpha value is -1.17. The zero-order valence-corrected chi connectivity index (χ0v) is 15.6. The molecule has 0 aromatic heterocycles. The zero-order chi connectivity index (χ0) is 15.5. The maximum Gasteiger partial charge on any atom is 0.242 e. The van der Waals surface area contributed by atoms with Crippen molar-refractivity contribution in [2.24, 2.45) is 5.73 Å². The summed E-state index contributed by atoms with van der Waals surface area (Å²) in [5.74, 6) is 0.916. The summed E-state index contributed by atoms with van der Waals surface area (Å²) in [4.78, 5) is 16.3. The fourth-order valence-electron chi connectivity index (χ4n) is 2.55. The Morgan fingerprint density at radius 3 is 2.26 bits per heavy atom. The summed E-state index contributed by atoms with van der Waals surface area (Å²) in [6.45, 7) is 9.13. The molecule has 2 N–H and O–H groups in total. The lowest BCUT2D eigenvalue weighted by atomic mass is 10.0. The summed E-state index contributed by atoms with van der Waals surface area (Å²) < 4.78 is 5.68. The highest BCUT2D eigenvalue weighted by Gasteiger charge is 2.30. The maximum absolute atomic E-state index is 12.2. The highest BCUT2D eigenvalue weighted by molar-refractivity contribution is 5.86. The number of nitrogens with two attached hydrogens (primary N) is 1. The summed E-state index contributed by atoms with van der Waals surface area (Å²) in [7, 11) is 0. The minimum absolute atomic E-state index is 0. The third-order valence-electron chi connectivity index (χ3n) is 3.62. The quantitative estimate of drug-likeness (QED) is 0.891. The van der Waals surface area contributed by atoms with Crippen molar-refractivity contribution in [3.8, 4) is 5.75 Å². The number of carbonyl (C=O) groups is 1. The number of nitrogens with zero attached hydrogens (tertiary/aromatic N) is 2. The molecule has 1 fully saturated rings. The molecule has 7 heteroatoms. The van der Waals surface area contributed by atoms with Crippen LogP contribution in [0.4, 0.5) is 5.69 Å². The van der Waals surface area contributed by atoms with E-state index in [0.717, 1.165) is 24.5 Å².